The third kappa shape index (κ3) is 4.06. The predicted molar refractivity (Wildman–Crippen MR) is 74.3 cm³/mol. The molecule has 0 radical (unpaired) electrons. The van der Waals surface area contributed by atoms with Gasteiger partial charge in [-0.1, -0.05) is 0 Å². The predicted octanol–water partition coefficient (Wildman–Crippen LogP) is 1.84. The number of hydrogen-bond acceptors (Lipinski definition) is 3. The van der Waals surface area contributed by atoms with Crippen molar-refractivity contribution in [1.82, 2.24) is 4.72 Å². The van der Waals surface area contributed by atoms with Crippen LogP contribution in [0.3, 0.4) is 0 Å². The molecular weight excluding hydrogens is 334 g/mol. The highest BCUT2D eigenvalue weighted by Gasteiger charge is 2.20. The summed E-state index contributed by atoms with van der Waals surface area (Å²) in [4.78, 5) is 10.7. The van der Waals surface area contributed by atoms with Gasteiger partial charge in [-0.2, -0.15) is 0 Å². The Hall–Kier alpha value is -1.36. The number of sulfonamides is 1. The van der Waals surface area contributed by atoms with E-state index in [0.29, 0.717) is 0 Å². The number of benzene rings is 1. The summed E-state index contributed by atoms with van der Waals surface area (Å²) < 4.78 is 26.7. The fourth-order valence-corrected chi connectivity index (χ4v) is 3.72. The molecule has 5 nitrogen and oxygen atoms in total. The van der Waals surface area contributed by atoms with Crippen LogP contribution in [0.2, 0.25) is 0 Å². The smallest absolute Gasteiger partial charge is 0.335 e. The van der Waals surface area contributed by atoms with Crippen molar-refractivity contribution < 1.29 is 18.3 Å². The lowest BCUT2D eigenvalue weighted by Gasteiger charge is -2.13. The Morgan fingerprint density at radius 1 is 1.58 bits per heavy atom. The van der Waals surface area contributed by atoms with Gasteiger partial charge in [-0.3, -0.25) is 0 Å². The second kappa shape index (κ2) is 6.19. The van der Waals surface area contributed by atoms with E-state index >= 15 is 0 Å². The molecule has 0 spiro atoms. The molecule has 102 valence electrons. The van der Waals surface area contributed by atoms with E-state index in [4.69, 9.17) is 11.5 Å². The minimum absolute atomic E-state index is 0.00231. The Labute approximate surface area is 120 Å². The number of carboxylic acid groups (broad SMARTS) is 1. The SMILES string of the molecule is C#CCC(C)NS(=O)(=O)c1ccc(C(=O)O)cc1Br. The van der Waals surface area contributed by atoms with Crippen molar-refractivity contribution >= 4 is 31.9 Å². The normalized spacial score (nSPS) is 12.7. The number of terminal acetylenes is 1. The molecule has 0 aliphatic carbocycles. The van der Waals surface area contributed by atoms with Crippen molar-refractivity contribution in [3.05, 3.63) is 28.2 Å². The van der Waals surface area contributed by atoms with Crippen molar-refractivity contribution in [2.24, 2.45) is 0 Å². The highest BCUT2D eigenvalue weighted by atomic mass is 79.9. The Bertz CT molecular complexity index is 634. The van der Waals surface area contributed by atoms with Crippen molar-refractivity contribution in [1.29, 1.82) is 0 Å². The second-order valence-electron chi connectivity index (χ2n) is 3.88. The molecular formula is C12H12BrNO4S. The van der Waals surface area contributed by atoms with E-state index < -0.39 is 22.0 Å². The average Bonchev–Trinajstić information content (AvgIpc) is 2.27. The first-order valence-electron chi connectivity index (χ1n) is 5.26. The number of hydrogen-bond donors (Lipinski definition) is 2. The fraction of sp³-hybridized carbons (Fsp3) is 0.250. The summed E-state index contributed by atoms with van der Waals surface area (Å²) in [6, 6.07) is 3.30. The molecule has 0 bridgehead atoms. The van der Waals surface area contributed by atoms with E-state index in [1.54, 1.807) is 6.92 Å². The number of nitrogens with one attached hydrogen (secondary N) is 1. The molecule has 0 saturated carbocycles. The topological polar surface area (TPSA) is 83.5 Å². The molecule has 1 aromatic carbocycles. The van der Waals surface area contributed by atoms with E-state index in [1.165, 1.54) is 18.2 Å². The first-order valence-corrected chi connectivity index (χ1v) is 7.54. The maximum Gasteiger partial charge on any atom is 0.335 e. The van der Waals surface area contributed by atoms with Gasteiger partial charge in [0.25, 0.3) is 0 Å². The van der Waals surface area contributed by atoms with Crippen molar-refractivity contribution in [2.45, 2.75) is 24.3 Å². The standard InChI is InChI=1S/C12H12BrNO4S/c1-3-4-8(2)14-19(17,18)11-6-5-9(12(15)16)7-10(11)13/h1,5-8,14H,4H2,2H3,(H,15,16). The molecule has 0 aromatic heterocycles. The Morgan fingerprint density at radius 2 is 2.21 bits per heavy atom. The molecule has 1 aromatic rings. The van der Waals surface area contributed by atoms with Crippen LogP contribution in [0.5, 0.6) is 0 Å². The average molecular weight is 346 g/mol. The molecule has 19 heavy (non-hydrogen) atoms. The van der Waals surface area contributed by atoms with Crippen LogP contribution >= 0.6 is 15.9 Å². The molecule has 0 aliphatic heterocycles. The lowest BCUT2D eigenvalue weighted by molar-refractivity contribution is 0.0696. The van der Waals surface area contributed by atoms with Gasteiger partial charge in [0.15, 0.2) is 0 Å². The molecule has 0 heterocycles. The lowest BCUT2D eigenvalue weighted by atomic mass is 10.2. The summed E-state index contributed by atoms with van der Waals surface area (Å²) in [5, 5.41) is 8.81. The van der Waals surface area contributed by atoms with Crippen LogP contribution in [0, 0.1) is 12.3 Å². The van der Waals surface area contributed by atoms with Crippen molar-refractivity contribution in [3.63, 3.8) is 0 Å². The molecule has 0 fully saturated rings. The quantitative estimate of drug-likeness (QED) is 0.797. The number of carboxylic acids is 1. The molecule has 1 atom stereocenters. The van der Waals surface area contributed by atoms with Gasteiger partial charge in [0.1, 0.15) is 0 Å². The summed E-state index contributed by atoms with van der Waals surface area (Å²) in [6.45, 7) is 1.65. The van der Waals surface area contributed by atoms with Gasteiger partial charge < -0.3 is 5.11 Å². The van der Waals surface area contributed by atoms with Crippen LogP contribution in [0.4, 0.5) is 0 Å². The third-order valence-corrected chi connectivity index (χ3v) is 4.81. The number of halogens is 1. The maximum atomic E-state index is 12.1. The summed E-state index contributed by atoms with van der Waals surface area (Å²) in [7, 11) is -3.74. The van der Waals surface area contributed by atoms with Gasteiger partial charge in [0, 0.05) is 16.9 Å². The van der Waals surface area contributed by atoms with Crippen molar-refractivity contribution in [2.75, 3.05) is 0 Å². The number of aromatic carboxylic acids is 1. The molecule has 1 rings (SSSR count). The fourth-order valence-electron chi connectivity index (χ4n) is 1.40. The zero-order valence-electron chi connectivity index (χ0n) is 10.1. The van der Waals surface area contributed by atoms with Crippen molar-refractivity contribution in [3.8, 4) is 12.3 Å². The molecule has 0 amide bonds. The highest BCUT2D eigenvalue weighted by molar-refractivity contribution is 9.10. The minimum Gasteiger partial charge on any atom is -0.478 e. The van der Waals surface area contributed by atoms with Gasteiger partial charge in [0.2, 0.25) is 10.0 Å². The Balaban J connectivity index is 3.09. The number of carbonyl (C=O) groups is 1. The van der Waals surface area contributed by atoms with Gasteiger partial charge in [0.05, 0.1) is 10.5 Å². The summed E-state index contributed by atoms with van der Waals surface area (Å²) in [6.07, 6.45) is 5.38. The molecule has 0 aliphatic rings. The first kappa shape index (κ1) is 15.7. The molecule has 2 N–H and O–H groups in total. The van der Waals surface area contributed by atoms with E-state index in [9.17, 15) is 13.2 Å². The number of rotatable bonds is 5. The van der Waals surface area contributed by atoms with E-state index in [0.717, 1.165) is 0 Å². The maximum absolute atomic E-state index is 12.1. The Kier molecular flexibility index (Phi) is 5.11. The van der Waals surface area contributed by atoms with Crippen LogP contribution in [-0.2, 0) is 10.0 Å². The zero-order chi connectivity index (χ0) is 14.6. The summed E-state index contributed by atoms with van der Waals surface area (Å²) in [5.74, 6) is 1.24. The third-order valence-electron chi connectivity index (χ3n) is 2.25. The monoisotopic (exact) mass is 345 g/mol. The van der Waals surface area contributed by atoms with Gasteiger partial charge in [-0.05, 0) is 41.1 Å². The van der Waals surface area contributed by atoms with Crippen LogP contribution < -0.4 is 4.72 Å². The van der Waals surface area contributed by atoms with Gasteiger partial charge >= 0.3 is 5.97 Å². The van der Waals surface area contributed by atoms with Crippen LogP contribution in [-0.4, -0.2) is 25.5 Å². The van der Waals surface area contributed by atoms with E-state index in [2.05, 4.69) is 26.6 Å². The molecule has 0 saturated heterocycles. The minimum atomic E-state index is -3.74. The van der Waals surface area contributed by atoms with Crippen LogP contribution in [0.1, 0.15) is 23.7 Å². The summed E-state index contributed by atoms with van der Waals surface area (Å²) in [5.41, 5.74) is 0.00231. The van der Waals surface area contributed by atoms with Gasteiger partial charge in [-0.15, -0.1) is 12.3 Å². The van der Waals surface area contributed by atoms with E-state index in [-0.39, 0.29) is 21.4 Å². The highest BCUT2D eigenvalue weighted by Crippen LogP contribution is 2.23. The lowest BCUT2D eigenvalue weighted by Crippen LogP contribution is -2.32. The van der Waals surface area contributed by atoms with Gasteiger partial charge in [-0.25, -0.2) is 17.9 Å². The largest absolute Gasteiger partial charge is 0.478 e. The van der Waals surface area contributed by atoms with E-state index in [1.807, 2.05) is 0 Å². The van der Waals surface area contributed by atoms with Crippen LogP contribution in [0.15, 0.2) is 27.6 Å². The Morgan fingerprint density at radius 3 is 2.68 bits per heavy atom. The second-order valence-corrected chi connectivity index (χ2v) is 6.42. The first-order chi connectivity index (χ1) is 8.77. The zero-order valence-corrected chi connectivity index (χ0v) is 12.5. The molecule has 1 unspecified atom stereocenters. The summed E-state index contributed by atoms with van der Waals surface area (Å²) >= 11 is 3.06. The van der Waals surface area contributed by atoms with Crippen LogP contribution in [0.25, 0.3) is 0 Å². The molecule has 7 heteroatoms.